The number of carbonyl (C=O) groups is 1. The van der Waals surface area contributed by atoms with Gasteiger partial charge in [-0.05, 0) is 50.3 Å². The van der Waals surface area contributed by atoms with Gasteiger partial charge in [0.25, 0.3) is 10.1 Å². The number of ether oxygens (including phenoxy) is 2. The molecule has 1 fully saturated rings. The Balaban J connectivity index is 2.28. The van der Waals surface area contributed by atoms with Gasteiger partial charge in [0.2, 0.25) is 0 Å². The molecule has 0 atom stereocenters. The molecule has 0 saturated heterocycles. The molecule has 10 heteroatoms. The summed E-state index contributed by atoms with van der Waals surface area (Å²) in [5.41, 5.74) is -1.90. The topological polar surface area (TPSA) is 89.9 Å². The molecule has 0 heterocycles. The van der Waals surface area contributed by atoms with Crippen molar-refractivity contribution in [1.82, 2.24) is 0 Å². The molecule has 1 aliphatic rings. The van der Waals surface area contributed by atoms with E-state index in [2.05, 4.69) is 0 Å². The van der Waals surface area contributed by atoms with E-state index in [0.717, 1.165) is 37.5 Å². The molecule has 0 radical (unpaired) electrons. The smallest absolute Gasteiger partial charge is 0.419 e. The largest absolute Gasteiger partial charge is 0.487 e. The molecule has 0 aliphatic heterocycles. The summed E-state index contributed by atoms with van der Waals surface area (Å²) in [5, 5.41) is 0. The molecule has 1 aliphatic carbocycles. The Morgan fingerprint density at radius 2 is 1.86 bits per heavy atom. The summed E-state index contributed by atoms with van der Waals surface area (Å²) in [5.74, 6) is -2.25. The van der Waals surface area contributed by atoms with Crippen LogP contribution in [0.3, 0.4) is 0 Å². The van der Waals surface area contributed by atoms with Crippen molar-refractivity contribution in [1.29, 1.82) is 0 Å². The number of esters is 1. The summed E-state index contributed by atoms with van der Waals surface area (Å²) in [4.78, 5) is 12.0. The van der Waals surface area contributed by atoms with Gasteiger partial charge < -0.3 is 9.47 Å². The second-order valence-electron chi connectivity index (χ2n) is 6.83. The summed E-state index contributed by atoms with van der Waals surface area (Å²) < 4.78 is 80.7. The highest BCUT2D eigenvalue weighted by atomic mass is 32.2. The first kappa shape index (κ1) is 22.5. The Hall–Kier alpha value is -1.81. The molecular weight excluding hydrogens is 401 g/mol. The summed E-state index contributed by atoms with van der Waals surface area (Å²) in [7, 11) is -4.32. The number of benzene rings is 1. The van der Waals surface area contributed by atoms with Gasteiger partial charge in [0, 0.05) is 0 Å². The van der Waals surface area contributed by atoms with Crippen LogP contribution in [0.5, 0.6) is 5.75 Å². The first-order chi connectivity index (χ1) is 13.0. The van der Waals surface area contributed by atoms with Gasteiger partial charge in [-0.3, -0.25) is 4.55 Å². The molecule has 1 saturated carbocycles. The normalized spacial score (nSPS) is 17.2. The minimum Gasteiger partial charge on any atom is -0.487 e. The van der Waals surface area contributed by atoms with Crippen molar-refractivity contribution in [2.45, 2.75) is 57.2 Å². The van der Waals surface area contributed by atoms with Gasteiger partial charge in [-0.2, -0.15) is 21.6 Å². The van der Waals surface area contributed by atoms with Gasteiger partial charge in [0.15, 0.2) is 0 Å². The predicted octanol–water partition coefficient (Wildman–Crippen LogP) is 4.24. The molecule has 0 bridgehead atoms. The quantitative estimate of drug-likeness (QED) is 0.520. The van der Waals surface area contributed by atoms with Gasteiger partial charge in [0.05, 0.1) is 11.1 Å². The average Bonchev–Trinajstić information content (AvgIpc) is 2.60. The highest BCUT2D eigenvalue weighted by molar-refractivity contribution is 7.85. The van der Waals surface area contributed by atoms with E-state index in [-0.39, 0.29) is 5.56 Å². The first-order valence-corrected chi connectivity index (χ1v) is 10.6. The van der Waals surface area contributed by atoms with Crippen LogP contribution in [0.4, 0.5) is 13.2 Å². The molecule has 0 unspecified atom stereocenters. The number of halogens is 3. The summed E-state index contributed by atoms with van der Waals surface area (Å²) in [6.45, 7) is 1.24. The number of carbonyl (C=O) groups excluding carboxylic acids is 1. The summed E-state index contributed by atoms with van der Waals surface area (Å²) >= 11 is 0. The molecular formula is C18H23F3O6S. The minimum absolute atomic E-state index is 0.194. The standard InChI is InChI=1S/C18H23F3O6S/c1-2-17(8-4-3-5-9-17)27-15-12-13(6-7-14(15)18(19,20)21)16(22)26-10-11-28(23,24)25/h6-7,12H,2-5,8-11H2,1H3,(H,23,24,25). The highest BCUT2D eigenvalue weighted by Crippen LogP contribution is 2.42. The highest BCUT2D eigenvalue weighted by Gasteiger charge is 2.39. The maximum absolute atomic E-state index is 13.4. The van der Waals surface area contributed by atoms with Crippen molar-refractivity contribution in [3.63, 3.8) is 0 Å². The van der Waals surface area contributed by atoms with Crippen LogP contribution in [-0.2, 0) is 21.0 Å². The van der Waals surface area contributed by atoms with E-state index < -0.39 is 51.5 Å². The van der Waals surface area contributed by atoms with Crippen LogP contribution in [0.1, 0.15) is 61.4 Å². The van der Waals surface area contributed by atoms with Gasteiger partial charge >= 0.3 is 12.1 Å². The van der Waals surface area contributed by atoms with Crippen LogP contribution in [0, 0.1) is 0 Å². The van der Waals surface area contributed by atoms with E-state index >= 15 is 0 Å². The van der Waals surface area contributed by atoms with Crippen LogP contribution in [0.2, 0.25) is 0 Å². The van der Waals surface area contributed by atoms with E-state index in [1.54, 1.807) is 0 Å². The Labute approximate surface area is 161 Å². The number of alkyl halides is 3. The third kappa shape index (κ3) is 6.10. The van der Waals surface area contributed by atoms with E-state index in [1.165, 1.54) is 0 Å². The van der Waals surface area contributed by atoms with Crippen molar-refractivity contribution < 1.29 is 40.4 Å². The van der Waals surface area contributed by atoms with Gasteiger partial charge in [-0.1, -0.05) is 13.3 Å². The Morgan fingerprint density at radius 1 is 1.21 bits per heavy atom. The van der Waals surface area contributed by atoms with Crippen LogP contribution < -0.4 is 4.74 Å². The molecule has 28 heavy (non-hydrogen) atoms. The van der Waals surface area contributed by atoms with E-state index in [4.69, 9.17) is 14.0 Å². The summed E-state index contributed by atoms with van der Waals surface area (Å²) in [6, 6.07) is 2.68. The number of hydrogen-bond acceptors (Lipinski definition) is 5. The lowest BCUT2D eigenvalue weighted by Gasteiger charge is -2.37. The van der Waals surface area contributed by atoms with Crippen molar-refractivity contribution in [2.24, 2.45) is 0 Å². The molecule has 6 nitrogen and oxygen atoms in total. The first-order valence-electron chi connectivity index (χ1n) is 8.98. The molecule has 1 N–H and O–H groups in total. The lowest BCUT2D eigenvalue weighted by molar-refractivity contribution is -0.140. The second-order valence-corrected chi connectivity index (χ2v) is 8.40. The van der Waals surface area contributed by atoms with Gasteiger partial charge in [-0.15, -0.1) is 0 Å². The Bertz CT molecular complexity index is 798. The van der Waals surface area contributed by atoms with E-state index in [9.17, 15) is 26.4 Å². The maximum atomic E-state index is 13.4. The number of rotatable bonds is 7. The fourth-order valence-electron chi connectivity index (χ4n) is 3.25. The monoisotopic (exact) mass is 424 g/mol. The average molecular weight is 424 g/mol. The lowest BCUT2D eigenvalue weighted by atomic mass is 9.82. The fraction of sp³-hybridized carbons (Fsp3) is 0.611. The predicted molar refractivity (Wildman–Crippen MR) is 94.9 cm³/mol. The number of hydrogen-bond donors (Lipinski definition) is 1. The summed E-state index contributed by atoms with van der Waals surface area (Å²) in [6.07, 6.45) is -0.163. The second kappa shape index (κ2) is 8.69. The van der Waals surface area contributed by atoms with Crippen LogP contribution in [0.25, 0.3) is 0 Å². The van der Waals surface area contributed by atoms with Gasteiger partial charge in [-0.25, -0.2) is 4.79 Å². The maximum Gasteiger partial charge on any atom is 0.419 e. The van der Waals surface area contributed by atoms with E-state index in [1.807, 2.05) is 6.92 Å². The zero-order valence-electron chi connectivity index (χ0n) is 15.4. The molecule has 0 aromatic heterocycles. The zero-order valence-corrected chi connectivity index (χ0v) is 16.2. The Morgan fingerprint density at radius 3 is 2.39 bits per heavy atom. The van der Waals surface area contributed by atoms with Crippen molar-refractivity contribution in [2.75, 3.05) is 12.4 Å². The van der Waals surface area contributed by atoms with Crippen LogP contribution in [0.15, 0.2) is 18.2 Å². The third-order valence-electron chi connectivity index (χ3n) is 4.83. The van der Waals surface area contributed by atoms with E-state index in [0.29, 0.717) is 19.3 Å². The van der Waals surface area contributed by atoms with Crippen molar-refractivity contribution >= 4 is 16.1 Å². The van der Waals surface area contributed by atoms with Crippen molar-refractivity contribution in [3.05, 3.63) is 29.3 Å². The van der Waals surface area contributed by atoms with Crippen LogP contribution >= 0.6 is 0 Å². The molecule has 0 amide bonds. The van der Waals surface area contributed by atoms with Crippen molar-refractivity contribution in [3.8, 4) is 5.75 Å². The zero-order chi connectivity index (χ0) is 21.0. The molecule has 1 aromatic carbocycles. The molecule has 158 valence electrons. The third-order valence-corrected chi connectivity index (χ3v) is 5.52. The fourth-order valence-corrected chi connectivity index (χ4v) is 3.54. The Kier molecular flexibility index (Phi) is 6.97. The molecule has 2 rings (SSSR count). The van der Waals surface area contributed by atoms with Crippen LogP contribution in [-0.4, -0.2) is 36.9 Å². The lowest BCUT2D eigenvalue weighted by Crippen LogP contribution is -2.38. The molecule has 1 aromatic rings. The molecule has 0 spiro atoms. The van der Waals surface area contributed by atoms with Gasteiger partial charge in [0.1, 0.15) is 23.7 Å². The minimum atomic E-state index is -4.66. The SMILES string of the molecule is CCC1(Oc2cc(C(=O)OCCS(=O)(=O)O)ccc2C(F)(F)F)CCCCC1.